The largest absolute Gasteiger partial charge is 0.496 e. The summed E-state index contributed by atoms with van der Waals surface area (Å²) < 4.78 is 5.40. The fraction of sp³-hybridized carbons (Fsp3) is 0.538. The summed E-state index contributed by atoms with van der Waals surface area (Å²) in [6.45, 7) is 2.13. The van der Waals surface area contributed by atoms with Crippen molar-refractivity contribution >= 4 is 11.6 Å². The van der Waals surface area contributed by atoms with Crippen LogP contribution in [-0.4, -0.2) is 18.8 Å². The van der Waals surface area contributed by atoms with Crippen molar-refractivity contribution in [3.8, 4) is 5.75 Å². The topological polar surface area (TPSA) is 29.5 Å². The monoisotopic (exact) mass is 240 g/mol. The summed E-state index contributed by atoms with van der Waals surface area (Å²) >= 11 is 6.15. The lowest BCUT2D eigenvalue weighted by molar-refractivity contribution is 0.117. The number of hydrogen-bond donors (Lipinski definition) is 1. The normalized spacial score (nSPS) is 18.0. The summed E-state index contributed by atoms with van der Waals surface area (Å²) in [7, 11) is 1.66. The van der Waals surface area contributed by atoms with Gasteiger partial charge in [-0.05, 0) is 37.5 Å². The Kier molecular flexibility index (Phi) is 3.13. The zero-order chi connectivity index (χ0) is 11.8. The van der Waals surface area contributed by atoms with Gasteiger partial charge < -0.3 is 9.84 Å². The number of aliphatic hydroxyl groups excluding tert-OH is 1. The van der Waals surface area contributed by atoms with Gasteiger partial charge in [-0.2, -0.15) is 0 Å². The number of methoxy groups -OCH3 is 1. The van der Waals surface area contributed by atoms with Gasteiger partial charge in [-0.15, -0.1) is 0 Å². The van der Waals surface area contributed by atoms with Crippen LogP contribution in [0.5, 0.6) is 5.75 Å². The number of aryl methyl sites for hydroxylation is 1. The van der Waals surface area contributed by atoms with Gasteiger partial charge in [0.2, 0.25) is 0 Å². The van der Waals surface area contributed by atoms with Crippen molar-refractivity contribution in [3.63, 3.8) is 0 Å². The number of rotatable bonds is 3. The molecule has 1 saturated carbocycles. The summed E-state index contributed by atoms with van der Waals surface area (Å²) in [5.41, 5.74) is 1.94. The fourth-order valence-corrected chi connectivity index (χ4v) is 2.52. The highest BCUT2D eigenvalue weighted by Crippen LogP contribution is 2.47. The minimum atomic E-state index is -0.122. The highest BCUT2D eigenvalue weighted by molar-refractivity contribution is 6.31. The van der Waals surface area contributed by atoms with Gasteiger partial charge in [0, 0.05) is 16.0 Å². The predicted molar refractivity (Wildman–Crippen MR) is 65.4 cm³/mol. The molecule has 0 amide bonds. The molecule has 88 valence electrons. The molecule has 0 heterocycles. The summed E-state index contributed by atoms with van der Waals surface area (Å²) in [5.74, 6) is 0.843. The lowest BCUT2D eigenvalue weighted by Gasteiger charge is -2.41. The maximum Gasteiger partial charge on any atom is 0.123 e. The van der Waals surface area contributed by atoms with Crippen LogP contribution in [0.2, 0.25) is 5.02 Å². The molecule has 1 aliphatic rings. The fourth-order valence-electron chi connectivity index (χ4n) is 2.35. The SMILES string of the molecule is COc1cc(C)c(Cl)cc1C1(CO)CCC1. The summed E-state index contributed by atoms with van der Waals surface area (Å²) in [5, 5.41) is 10.3. The zero-order valence-electron chi connectivity index (χ0n) is 9.72. The first-order valence-electron chi connectivity index (χ1n) is 5.58. The Balaban J connectivity index is 2.50. The van der Waals surface area contributed by atoms with Crippen molar-refractivity contribution in [2.75, 3.05) is 13.7 Å². The van der Waals surface area contributed by atoms with Crippen molar-refractivity contribution < 1.29 is 9.84 Å². The molecule has 0 aliphatic heterocycles. The molecule has 1 aromatic rings. The van der Waals surface area contributed by atoms with Crippen molar-refractivity contribution in [3.05, 3.63) is 28.3 Å². The van der Waals surface area contributed by atoms with Crippen LogP contribution < -0.4 is 4.74 Å². The second kappa shape index (κ2) is 4.27. The van der Waals surface area contributed by atoms with Crippen LogP contribution >= 0.6 is 11.6 Å². The molecule has 0 radical (unpaired) electrons. The quantitative estimate of drug-likeness (QED) is 0.880. The van der Waals surface area contributed by atoms with Gasteiger partial charge >= 0.3 is 0 Å². The van der Waals surface area contributed by atoms with Gasteiger partial charge in [-0.25, -0.2) is 0 Å². The van der Waals surface area contributed by atoms with Gasteiger partial charge in [0.25, 0.3) is 0 Å². The first-order chi connectivity index (χ1) is 7.63. The van der Waals surface area contributed by atoms with Crippen molar-refractivity contribution in [1.82, 2.24) is 0 Å². The minimum Gasteiger partial charge on any atom is -0.496 e. The number of halogens is 1. The molecule has 1 aromatic carbocycles. The Morgan fingerprint density at radius 2 is 2.12 bits per heavy atom. The van der Waals surface area contributed by atoms with E-state index in [0.717, 1.165) is 41.2 Å². The van der Waals surface area contributed by atoms with E-state index >= 15 is 0 Å². The molecule has 0 atom stereocenters. The molecule has 0 unspecified atom stereocenters. The number of aliphatic hydroxyl groups is 1. The van der Waals surface area contributed by atoms with Crippen molar-refractivity contribution in [1.29, 1.82) is 0 Å². The van der Waals surface area contributed by atoms with E-state index in [1.807, 2.05) is 19.1 Å². The molecule has 16 heavy (non-hydrogen) atoms. The van der Waals surface area contributed by atoms with E-state index in [4.69, 9.17) is 16.3 Å². The lowest BCUT2D eigenvalue weighted by Crippen LogP contribution is -2.38. The standard InChI is InChI=1S/C13H17ClO2/c1-9-6-12(16-2)10(7-11(9)14)13(8-15)4-3-5-13/h6-7,15H,3-5,8H2,1-2H3. The Labute approximate surface area is 101 Å². The third-order valence-electron chi connectivity index (χ3n) is 3.67. The minimum absolute atomic E-state index is 0.122. The summed E-state index contributed by atoms with van der Waals surface area (Å²) in [6.07, 6.45) is 3.19. The highest BCUT2D eigenvalue weighted by atomic mass is 35.5. The van der Waals surface area contributed by atoms with Crippen molar-refractivity contribution in [2.45, 2.75) is 31.6 Å². The van der Waals surface area contributed by atoms with Crippen LogP contribution in [0.15, 0.2) is 12.1 Å². The van der Waals surface area contributed by atoms with E-state index in [1.54, 1.807) is 7.11 Å². The van der Waals surface area contributed by atoms with E-state index in [-0.39, 0.29) is 12.0 Å². The Morgan fingerprint density at radius 1 is 1.44 bits per heavy atom. The van der Waals surface area contributed by atoms with Gasteiger partial charge in [0.05, 0.1) is 13.7 Å². The molecule has 0 spiro atoms. The van der Waals surface area contributed by atoms with Crippen LogP contribution in [0, 0.1) is 6.92 Å². The molecule has 2 rings (SSSR count). The highest BCUT2D eigenvalue weighted by Gasteiger charge is 2.40. The Bertz CT molecular complexity index is 392. The molecule has 1 N–H and O–H groups in total. The van der Waals surface area contributed by atoms with E-state index in [0.29, 0.717) is 0 Å². The molecule has 1 aliphatic carbocycles. The molecule has 0 saturated heterocycles. The van der Waals surface area contributed by atoms with E-state index in [1.165, 1.54) is 0 Å². The molecule has 2 nitrogen and oxygen atoms in total. The number of hydrogen-bond acceptors (Lipinski definition) is 2. The van der Waals surface area contributed by atoms with Gasteiger partial charge in [0.15, 0.2) is 0 Å². The molecule has 3 heteroatoms. The van der Waals surface area contributed by atoms with E-state index < -0.39 is 0 Å². The van der Waals surface area contributed by atoms with Crippen LogP contribution in [0.25, 0.3) is 0 Å². The van der Waals surface area contributed by atoms with Crippen LogP contribution in [0.1, 0.15) is 30.4 Å². The number of ether oxygens (including phenoxy) is 1. The van der Waals surface area contributed by atoms with Crippen LogP contribution in [0.4, 0.5) is 0 Å². The molecule has 0 aromatic heterocycles. The number of benzene rings is 1. The maximum absolute atomic E-state index is 9.57. The van der Waals surface area contributed by atoms with E-state index in [2.05, 4.69) is 0 Å². The van der Waals surface area contributed by atoms with E-state index in [9.17, 15) is 5.11 Å². The second-order valence-electron chi connectivity index (χ2n) is 4.59. The van der Waals surface area contributed by atoms with Gasteiger partial charge in [-0.3, -0.25) is 0 Å². The zero-order valence-corrected chi connectivity index (χ0v) is 10.5. The first kappa shape index (κ1) is 11.7. The first-order valence-corrected chi connectivity index (χ1v) is 5.96. The second-order valence-corrected chi connectivity index (χ2v) is 5.00. The Morgan fingerprint density at radius 3 is 2.56 bits per heavy atom. The van der Waals surface area contributed by atoms with Crippen molar-refractivity contribution in [2.24, 2.45) is 0 Å². The molecular formula is C13H17ClO2. The third kappa shape index (κ3) is 1.70. The maximum atomic E-state index is 9.57. The summed E-state index contributed by atoms with van der Waals surface area (Å²) in [6, 6.07) is 3.90. The molecule has 0 bridgehead atoms. The summed E-state index contributed by atoms with van der Waals surface area (Å²) in [4.78, 5) is 0. The van der Waals surface area contributed by atoms with Crippen LogP contribution in [0.3, 0.4) is 0 Å². The van der Waals surface area contributed by atoms with Gasteiger partial charge in [-0.1, -0.05) is 18.0 Å². The third-order valence-corrected chi connectivity index (χ3v) is 4.07. The average Bonchev–Trinajstić information content (AvgIpc) is 2.22. The Hall–Kier alpha value is -0.730. The average molecular weight is 241 g/mol. The predicted octanol–water partition coefficient (Wildman–Crippen LogP) is 3.07. The smallest absolute Gasteiger partial charge is 0.123 e. The molecule has 1 fully saturated rings. The van der Waals surface area contributed by atoms with Crippen LogP contribution in [-0.2, 0) is 5.41 Å². The van der Waals surface area contributed by atoms with Gasteiger partial charge in [0.1, 0.15) is 5.75 Å². The molecular weight excluding hydrogens is 224 g/mol. The lowest BCUT2D eigenvalue weighted by atomic mass is 9.64.